The van der Waals surface area contributed by atoms with Crippen LogP contribution in [0.15, 0.2) is 64.5 Å². The predicted octanol–water partition coefficient (Wildman–Crippen LogP) is 6.83. The topological polar surface area (TPSA) is 72.8 Å². The van der Waals surface area contributed by atoms with Crippen LogP contribution in [0.25, 0.3) is 6.08 Å². The Morgan fingerprint density at radius 2 is 1.66 bits per heavy atom. The van der Waals surface area contributed by atoms with Gasteiger partial charge in [0.25, 0.3) is 5.91 Å². The molecule has 8 nitrogen and oxygen atoms in total. The Bertz CT molecular complexity index is 1740. The van der Waals surface area contributed by atoms with Crippen molar-refractivity contribution in [2.24, 2.45) is 4.99 Å². The van der Waals surface area contributed by atoms with Crippen molar-refractivity contribution in [3.05, 3.63) is 87.3 Å². The SMILES string of the molecule is COc1cc(/C=C2\SC(N3CCN(Cc4ccc5c(c4)OCO5)CC3)=NC2=O)ccc1OCc1ccc(C(F)(F)F)cc1C(F)(F)F. The first-order valence-corrected chi connectivity index (χ1v) is 15.2. The third-order valence-electron chi connectivity index (χ3n) is 7.71. The molecule has 15 heteroatoms. The van der Waals surface area contributed by atoms with Crippen molar-refractivity contribution in [2.75, 3.05) is 40.1 Å². The number of hydrogen-bond acceptors (Lipinski definition) is 8. The number of methoxy groups -OCH3 is 1. The van der Waals surface area contributed by atoms with E-state index >= 15 is 0 Å². The fraction of sp³-hybridized carbons (Fsp3) is 0.312. The average molecular weight is 680 g/mol. The highest BCUT2D eigenvalue weighted by molar-refractivity contribution is 8.18. The Kier molecular flexibility index (Phi) is 9.03. The molecule has 1 fully saturated rings. The van der Waals surface area contributed by atoms with Crippen molar-refractivity contribution in [3.8, 4) is 23.0 Å². The summed E-state index contributed by atoms with van der Waals surface area (Å²) in [6.45, 7) is 3.25. The minimum atomic E-state index is -5.02. The molecule has 0 radical (unpaired) electrons. The number of piperazine rings is 1. The van der Waals surface area contributed by atoms with E-state index in [9.17, 15) is 31.1 Å². The Balaban J connectivity index is 1.07. The van der Waals surface area contributed by atoms with Crippen LogP contribution in [-0.2, 0) is 30.3 Å². The number of carbonyl (C=O) groups excluding carboxylic acids is 1. The maximum absolute atomic E-state index is 13.5. The molecule has 6 rings (SSSR count). The number of aliphatic imine (C=N–C) groups is 1. The van der Waals surface area contributed by atoms with E-state index in [1.54, 1.807) is 18.2 Å². The molecule has 248 valence electrons. The summed E-state index contributed by atoms with van der Waals surface area (Å²) in [5.41, 5.74) is -1.64. The number of rotatable bonds is 7. The Hall–Kier alpha value is -4.37. The van der Waals surface area contributed by atoms with E-state index in [4.69, 9.17) is 18.9 Å². The van der Waals surface area contributed by atoms with Gasteiger partial charge in [-0.05, 0) is 65.4 Å². The van der Waals surface area contributed by atoms with E-state index in [1.807, 2.05) is 18.2 Å². The van der Waals surface area contributed by atoms with Gasteiger partial charge in [0.15, 0.2) is 28.2 Å². The molecule has 3 aliphatic heterocycles. The van der Waals surface area contributed by atoms with Crippen LogP contribution in [0.3, 0.4) is 0 Å². The van der Waals surface area contributed by atoms with Crippen LogP contribution in [-0.4, -0.2) is 61.0 Å². The molecule has 0 saturated carbocycles. The summed E-state index contributed by atoms with van der Waals surface area (Å²) >= 11 is 1.25. The molecular weight excluding hydrogens is 652 g/mol. The molecular formula is C32H27F6N3O5S. The van der Waals surface area contributed by atoms with Crippen molar-refractivity contribution in [1.29, 1.82) is 0 Å². The van der Waals surface area contributed by atoms with Gasteiger partial charge in [-0.3, -0.25) is 9.69 Å². The number of halogens is 6. The lowest BCUT2D eigenvalue weighted by molar-refractivity contribution is -0.143. The van der Waals surface area contributed by atoms with Gasteiger partial charge in [0.2, 0.25) is 6.79 Å². The third-order valence-corrected chi connectivity index (χ3v) is 8.75. The highest BCUT2D eigenvalue weighted by Crippen LogP contribution is 2.39. The lowest BCUT2D eigenvalue weighted by Gasteiger charge is -2.35. The minimum absolute atomic E-state index is 0.0683. The number of alkyl halides is 6. The molecule has 0 aliphatic carbocycles. The maximum atomic E-state index is 13.5. The molecule has 3 aromatic rings. The zero-order valence-corrected chi connectivity index (χ0v) is 25.6. The van der Waals surface area contributed by atoms with Gasteiger partial charge in [-0.25, -0.2) is 0 Å². The van der Waals surface area contributed by atoms with E-state index < -0.39 is 41.6 Å². The second-order valence-corrected chi connectivity index (χ2v) is 11.8. The molecule has 0 bridgehead atoms. The second-order valence-electron chi connectivity index (χ2n) is 10.8. The molecule has 0 aromatic heterocycles. The Morgan fingerprint density at radius 1 is 0.894 bits per heavy atom. The summed E-state index contributed by atoms with van der Waals surface area (Å²) < 4.78 is 101. The lowest BCUT2D eigenvalue weighted by Crippen LogP contribution is -2.47. The van der Waals surface area contributed by atoms with E-state index in [-0.39, 0.29) is 24.4 Å². The number of amides is 1. The lowest BCUT2D eigenvalue weighted by atomic mass is 10.0. The number of nitrogens with zero attached hydrogens (tertiary/aromatic N) is 3. The zero-order valence-electron chi connectivity index (χ0n) is 24.8. The number of benzene rings is 3. The Morgan fingerprint density at radius 3 is 2.38 bits per heavy atom. The molecule has 3 heterocycles. The van der Waals surface area contributed by atoms with Gasteiger partial charge >= 0.3 is 12.4 Å². The molecule has 0 N–H and O–H groups in total. The van der Waals surface area contributed by atoms with Gasteiger partial charge in [0, 0.05) is 38.3 Å². The van der Waals surface area contributed by atoms with Crippen LogP contribution in [0, 0.1) is 0 Å². The predicted molar refractivity (Wildman–Crippen MR) is 161 cm³/mol. The second kappa shape index (κ2) is 13.0. The van der Waals surface area contributed by atoms with Crippen LogP contribution >= 0.6 is 11.8 Å². The molecule has 3 aromatic carbocycles. The van der Waals surface area contributed by atoms with E-state index in [0.29, 0.717) is 34.8 Å². The summed E-state index contributed by atoms with van der Waals surface area (Å²) in [6, 6.07) is 11.9. The summed E-state index contributed by atoms with van der Waals surface area (Å²) in [5, 5.41) is 0.605. The fourth-order valence-electron chi connectivity index (χ4n) is 5.27. The number of hydrogen-bond donors (Lipinski definition) is 0. The van der Waals surface area contributed by atoms with Crippen molar-refractivity contribution in [3.63, 3.8) is 0 Å². The first-order valence-electron chi connectivity index (χ1n) is 14.3. The van der Waals surface area contributed by atoms with E-state index in [0.717, 1.165) is 42.8 Å². The first-order chi connectivity index (χ1) is 22.4. The quantitative estimate of drug-likeness (QED) is 0.199. The molecule has 0 atom stereocenters. The molecule has 1 amide bonds. The van der Waals surface area contributed by atoms with Crippen molar-refractivity contribution >= 4 is 28.9 Å². The van der Waals surface area contributed by atoms with Gasteiger partial charge in [-0.1, -0.05) is 18.2 Å². The highest BCUT2D eigenvalue weighted by Gasteiger charge is 2.38. The van der Waals surface area contributed by atoms with Crippen LogP contribution in [0.4, 0.5) is 26.3 Å². The highest BCUT2D eigenvalue weighted by atomic mass is 32.2. The van der Waals surface area contributed by atoms with Gasteiger partial charge in [-0.2, -0.15) is 31.3 Å². The monoisotopic (exact) mass is 679 g/mol. The van der Waals surface area contributed by atoms with Crippen molar-refractivity contribution in [1.82, 2.24) is 9.80 Å². The number of fused-ring (bicyclic) bond motifs is 1. The molecule has 1 saturated heterocycles. The maximum Gasteiger partial charge on any atom is 0.416 e. The van der Waals surface area contributed by atoms with Crippen molar-refractivity contribution < 1.29 is 50.1 Å². The molecule has 3 aliphatic rings. The zero-order chi connectivity index (χ0) is 33.3. The molecule has 0 unspecified atom stereocenters. The number of amidine groups is 1. The smallest absolute Gasteiger partial charge is 0.416 e. The van der Waals surface area contributed by atoms with Crippen molar-refractivity contribution in [2.45, 2.75) is 25.5 Å². The summed E-state index contributed by atoms with van der Waals surface area (Å²) in [6.07, 6.45) is -8.32. The molecule has 47 heavy (non-hydrogen) atoms. The first kappa shape index (κ1) is 32.6. The summed E-state index contributed by atoms with van der Waals surface area (Å²) in [5.74, 6) is 1.33. The van der Waals surface area contributed by atoms with Gasteiger partial charge < -0.3 is 23.8 Å². The van der Waals surface area contributed by atoms with Gasteiger partial charge in [-0.15, -0.1) is 0 Å². The molecule has 0 spiro atoms. The average Bonchev–Trinajstić information content (AvgIpc) is 3.65. The van der Waals surface area contributed by atoms with Crippen LogP contribution < -0.4 is 18.9 Å². The standard InChI is InChI=1S/C32H27F6N3O5S/c1-43-26-12-19(2-6-24(26)44-17-21-4-5-22(31(33,34)35)15-23(21)32(36,37)38)14-28-29(42)39-30(47-28)41-10-8-40(9-11-41)16-20-3-7-25-27(13-20)46-18-45-25/h2-7,12-15H,8-11,16-18H2,1H3/b28-14-. The van der Waals surface area contributed by atoms with Crippen LogP contribution in [0.5, 0.6) is 23.0 Å². The van der Waals surface area contributed by atoms with Gasteiger partial charge in [0.05, 0.1) is 23.1 Å². The Labute approximate surface area is 269 Å². The number of thioether (sulfide) groups is 1. The largest absolute Gasteiger partial charge is 0.493 e. The van der Waals surface area contributed by atoms with E-state index in [2.05, 4.69) is 14.8 Å². The number of carbonyl (C=O) groups is 1. The van der Waals surface area contributed by atoms with Gasteiger partial charge in [0.1, 0.15) is 6.61 Å². The number of ether oxygens (including phenoxy) is 4. The van der Waals surface area contributed by atoms with Crippen LogP contribution in [0.2, 0.25) is 0 Å². The summed E-state index contributed by atoms with van der Waals surface area (Å²) in [4.78, 5) is 21.8. The fourth-order valence-corrected chi connectivity index (χ4v) is 6.24. The normalized spacial score (nSPS) is 17.8. The van der Waals surface area contributed by atoms with Crippen LogP contribution in [0.1, 0.15) is 27.8 Å². The summed E-state index contributed by atoms with van der Waals surface area (Å²) in [7, 11) is 1.33. The third kappa shape index (κ3) is 7.46. The van der Waals surface area contributed by atoms with E-state index in [1.165, 1.54) is 24.9 Å². The minimum Gasteiger partial charge on any atom is -0.493 e.